The number of halogens is 6. The van der Waals surface area contributed by atoms with E-state index in [-0.39, 0.29) is 6.92 Å². The summed E-state index contributed by atoms with van der Waals surface area (Å²) in [6, 6.07) is 0. The summed E-state index contributed by atoms with van der Waals surface area (Å²) in [4.78, 5) is 20.5. The molecule has 0 aromatic heterocycles. The Labute approximate surface area is 84.2 Å². The molecule has 0 bridgehead atoms. The molecule has 0 aromatic rings. The lowest BCUT2D eigenvalue weighted by atomic mass is 10.0. The molecule has 1 atom stereocenters. The molecule has 0 radical (unpaired) electrons. The van der Waals surface area contributed by atoms with Gasteiger partial charge in [-0.25, -0.2) is 4.79 Å². The van der Waals surface area contributed by atoms with Crippen molar-refractivity contribution in [2.24, 2.45) is 0 Å². The van der Waals surface area contributed by atoms with Crippen LogP contribution < -0.4 is 5.32 Å². The topological polar surface area (TPSA) is 66.4 Å². The summed E-state index contributed by atoms with van der Waals surface area (Å²) in [7, 11) is 0. The van der Waals surface area contributed by atoms with Crippen LogP contribution in [0.2, 0.25) is 0 Å². The molecule has 16 heavy (non-hydrogen) atoms. The number of carboxylic acids is 1. The molecule has 1 unspecified atom stereocenters. The molecule has 2 N–H and O–H groups in total. The Bertz CT molecular complexity index is 308. The molecular formula is C6H5F6NO3. The summed E-state index contributed by atoms with van der Waals surface area (Å²) in [6.45, 7) is -0.0844. The smallest absolute Gasteiger partial charge is 0.471 e. The quantitative estimate of drug-likeness (QED) is 0.723. The molecule has 94 valence electrons. The summed E-state index contributed by atoms with van der Waals surface area (Å²) >= 11 is 0. The van der Waals surface area contributed by atoms with Crippen LogP contribution >= 0.6 is 0 Å². The highest BCUT2D eigenvalue weighted by Gasteiger charge is 2.60. The number of hydrogen-bond acceptors (Lipinski definition) is 2. The van der Waals surface area contributed by atoms with Crippen molar-refractivity contribution in [3.63, 3.8) is 0 Å². The minimum atomic E-state index is -5.60. The molecule has 0 aromatic carbocycles. The number of carboxylic acid groups (broad SMARTS) is 1. The van der Waals surface area contributed by atoms with Gasteiger partial charge in [0.25, 0.3) is 0 Å². The van der Waals surface area contributed by atoms with Gasteiger partial charge in [0.2, 0.25) is 5.54 Å². The monoisotopic (exact) mass is 253 g/mol. The average molecular weight is 253 g/mol. The fourth-order valence-corrected chi connectivity index (χ4v) is 0.544. The number of amides is 1. The lowest BCUT2D eigenvalue weighted by Crippen LogP contribution is -2.63. The standard InChI is InChI=1S/C6H5F6NO3/c1-4(3(15)16,6(10,11)12)13-2(14)5(7,8)9/h1H3,(H,13,14)(H,15,16). The van der Waals surface area contributed by atoms with Crippen LogP contribution in [0.15, 0.2) is 0 Å². The van der Waals surface area contributed by atoms with E-state index in [0.29, 0.717) is 5.32 Å². The van der Waals surface area contributed by atoms with E-state index >= 15 is 0 Å². The van der Waals surface area contributed by atoms with E-state index in [1.165, 1.54) is 0 Å². The fourth-order valence-electron chi connectivity index (χ4n) is 0.544. The lowest BCUT2D eigenvalue weighted by molar-refractivity contribution is -0.214. The van der Waals surface area contributed by atoms with Crippen molar-refractivity contribution in [2.75, 3.05) is 0 Å². The molecule has 10 heteroatoms. The van der Waals surface area contributed by atoms with Crippen LogP contribution in [-0.2, 0) is 9.59 Å². The van der Waals surface area contributed by atoms with Crippen molar-refractivity contribution >= 4 is 11.9 Å². The van der Waals surface area contributed by atoms with Gasteiger partial charge in [-0.3, -0.25) is 4.79 Å². The van der Waals surface area contributed by atoms with Gasteiger partial charge < -0.3 is 10.4 Å². The van der Waals surface area contributed by atoms with Crippen LogP contribution in [0.1, 0.15) is 6.92 Å². The van der Waals surface area contributed by atoms with E-state index in [1.807, 2.05) is 0 Å². The first-order valence-corrected chi connectivity index (χ1v) is 3.52. The lowest BCUT2D eigenvalue weighted by Gasteiger charge is -2.28. The second-order valence-corrected chi connectivity index (χ2v) is 2.88. The molecule has 1 amide bonds. The van der Waals surface area contributed by atoms with Crippen LogP contribution in [0.3, 0.4) is 0 Å². The zero-order valence-electron chi connectivity index (χ0n) is 7.53. The third-order valence-corrected chi connectivity index (χ3v) is 1.62. The Hall–Kier alpha value is -1.48. The normalized spacial score (nSPS) is 16.4. The van der Waals surface area contributed by atoms with Gasteiger partial charge in [0.1, 0.15) is 0 Å². The predicted octanol–water partition coefficient (Wildman–Crippen LogP) is 1.07. The van der Waals surface area contributed by atoms with E-state index in [4.69, 9.17) is 5.11 Å². The first-order valence-electron chi connectivity index (χ1n) is 3.52. The largest absolute Gasteiger partial charge is 0.479 e. The van der Waals surface area contributed by atoms with Gasteiger partial charge in [0, 0.05) is 0 Å². The van der Waals surface area contributed by atoms with Gasteiger partial charge in [0.15, 0.2) is 0 Å². The fraction of sp³-hybridized carbons (Fsp3) is 0.667. The molecule has 0 saturated heterocycles. The Morgan fingerprint density at radius 3 is 1.62 bits per heavy atom. The van der Waals surface area contributed by atoms with Crippen molar-refractivity contribution < 1.29 is 41.0 Å². The summed E-state index contributed by atoms with van der Waals surface area (Å²) in [5, 5.41) is 8.56. The first-order chi connectivity index (χ1) is 6.82. The summed E-state index contributed by atoms with van der Waals surface area (Å²) < 4.78 is 71.4. The first kappa shape index (κ1) is 14.5. The minimum Gasteiger partial charge on any atom is -0.479 e. The second kappa shape index (κ2) is 3.83. The van der Waals surface area contributed by atoms with Crippen molar-refractivity contribution in [3.05, 3.63) is 0 Å². The molecule has 0 fully saturated rings. The van der Waals surface area contributed by atoms with Crippen LogP contribution in [0, 0.1) is 0 Å². The SMILES string of the molecule is CC(NC(=O)C(F)(F)F)(C(=O)O)C(F)(F)F. The summed E-state index contributed by atoms with van der Waals surface area (Å²) in [6.07, 6.45) is -11.2. The average Bonchev–Trinajstić information content (AvgIpc) is 1.99. The van der Waals surface area contributed by atoms with Gasteiger partial charge in [-0.15, -0.1) is 0 Å². The maximum absolute atomic E-state index is 12.1. The number of alkyl halides is 6. The summed E-state index contributed by atoms with van der Waals surface area (Å²) in [5.74, 6) is -5.62. The Balaban J connectivity index is 5.15. The van der Waals surface area contributed by atoms with Gasteiger partial charge in [-0.05, 0) is 6.92 Å². The highest BCUT2D eigenvalue weighted by atomic mass is 19.4. The number of carbonyl (C=O) groups excluding carboxylic acids is 1. The maximum Gasteiger partial charge on any atom is 0.471 e. The number of carbonyl (C=O) groups is 2. The molecule has 0 spiro atoms. The molecule has 4 nitrogen and oxygen atoms in total. The van der Waals surface area contributed by atoms with E-state index in [1.54, 1.807) is 0 Å². The van der Waals surface area contributed by atoms with Crippen molar-refractivity contribution in [1.82, 2.24) is 5.32 Å². The van der Waals surface area contributed by atoms with E-state index in [0.717, 1.165) is 0 Å². The van der Waals surface area contributed by atoms with Crippen LogP contribution in [0.25, 0.3) is 0 Å². The van der Waals surface area contributed by atoms with E-state index < -0.39 is 29.8 Å². The number of hydrogen-bond donors (Lipinski definition) is 2. The van der Waals surface area contributed by atoms with E-state index in [9.17, 15) is 35.9 Å². The molecule has 0 aliphatic heterocycles. The zero-order valence-corrected chi connectivity index (χ0v) is 7.53. The molecule has 0 aliphatic rings. The Kier molecular flexibility index (Phi) is 3.48. The molecule has 0 rings (SSSR count). The third-order valence-electron chi connectivity index (χ3n) is 1.62. The van der Waals surface area contributed by atoms with Gasteiger partial charge >= 0.3 is 24.2 Å². The van der Waals surface area contributed by atoms with Crippen LogP contribution in [0.4, 0.5) is 26.3 Å². The zero-order chi connectivity index (χ0) is 13.4. The van der Waals surface area contributed by atoms with Gasteiger partial charge in [0.05, 0.1) is 0 Å². The van der Waals surface area contributed by atoms with Crippen molar-refractivity contribution in [3.8, 4) is 0 Å². The molecule has 0 aliphatic carbocycles. The molecular weight excluding hydrogens is 248 g/mol. The Morgan fingerprint density at radius 2 is 1.44 bits per heavy atom. The third kappa shape index (κ3) is 2.76. The predicted molar refractivity (Wildman–Crippen MR) is 36.3 cm³/mol. The van der Waals surface area contributed by atoms with Crippen LogP contribution in [0.5, 0.6) is 0 Å². The van der Waals surface area contributed by atoms with E-state index in [2.05, 4.69) is 0 Å². The second-order valence-electron chi connectivity index (χ2n) is 2.88. The summed E-state index contributed by atoms with van der Waals surface area (Å²) in [5.41, 5.74) is -3.99. The number of nitrogens with one attached hydrogen (secondary N) is 1. The van der Waals surface area contributed by atoms with Crippen LogP contribution in [-0.4, -0.2) is 34.9 Å². The van der Waals surface area contributed by atoms with Crippen molar-refractivity contribution in [1.29, 1.82) is 0 Å². The van der Waals surface area contributed by atoms with Crippen molar-refractivity contribution in [2.45, 2.75) is 24.8 Å². The Morgan fingerprint density at radius 1 is 1.06 bits per heavy atom. The molecule has 0 heterocycles. The highest BCUT2D eigenvalue weighted by Crippen LogP contribution is 2.31. The maximum atomic E-state index is 12.1. The van der Waals surface area contributed by atoms with Gasteiger partial charge in [-0.2, -0.15) is 26.3 Å². The van der Waals surface area contributed by atoms with Gasteiger partial charge in [-0.1, -0.05) is 0 Å². The highest BCUT2D eigenvalue weighted by molar-refractivity contribution is 5.90. The number of rotatable bonds is 2. The number of aliphatic carboxylic acids is 1. The minimum absolute atomic E-state index is 0.0844. The molecule has 0 saturated carbocycles.